The van der Waals surface area contributed by atoms with E-state index in [1.54, 1.807) is 9.80 Å². The number of hydrogen-bond donors (Lipinski definition) is 1. The van der Waals surface area contributed by atoms with Gasteiger partial charge in [0.05, 0.1) is 0 Å². The van der Waals surface area contributed by atoms with Gasteiger partial charge in [-0.05, 0) is 51.9 Å². The van der Waals surface area contributed by atoms with Crippen LogP contribution in [0.5, 0.6) is 0 Å². The Morgan fingerprint density at radius 1 is 1.23 bits per heavy atom. The molecule has 3 rings (SSSR count). The molecule has 1 aliphatic carbocycles. The molecule has 0 aromatic heterocycles. The highest BCUT2D eigenvalue weighted by Gasteiger charge is 2.51. The number of unbranched alkanes of at least 4 members (excludes halogenated alkanes) is 1. The van der Waals surface area contributed by atoms with Gasteiger partial charge in [0.25, 0.3) is 11.8 Å². The highest BCUT2D eigenvalue weighted by molar-refractivity contribution is 6.09. The Labute approximate surface area is 155 Å². The Balaban J connectivity index is 1.72. The van der Waals surface area contributed by atoms with Crippen LogP contribution in [-0.4, -0.2) is 56.8 Å². The van der Waals surface area contributed by atoms with Gasteiger partial charge >= 0.3 is 0 Å². The van der Waals surface area contributed by atoms with E-state index in [0.29, 0.717) is 44.5 Å². The van der Waals surface area contributed by atoms with Crippen molar-refractivity contribution in [2.75, 3.05) is 13.1 Å². The Kier molecular flexibility index (Phi) is 5.24. The van der Waals surface area contributed by atoms with Crippen molar-refractivity contribution in [1.82, 2.24) is 9.80 Å². The maximum absolute atomic E-state index is 13.1. The van der Waals surface area contributed by atoms with E-state index in [9.17, 15) is 14.7 Å². The Bertz CT molecular complexity index is 626. The van der Waals surface area contributed by atoms with Crippen molar-refractivity contribution < 1.29 is 14.7 Å². The molecule has 3 aliphatic rings. The predicted molar refractivity (Wildman–Crippen MR) is 101 cm³/mol. The molecular weight excluding hydrogens is 330 g/mol. The first-order valence-electron chi connectivity index (χ1n) is 9.93. The van der Waals surface area contributed by atoms with Crippen LogP contribution in [0, 0.1) is 0 Å². The van der Waals surface area contributed by atoms with Crippen LogP contribution in [0.15, 0.2) is 17.3 Å². The number of amidine groups is 1. The van der Waals surface area contributed by atoms with Crippen LogP contribution < -0.4 is 0 Å². The second kappa shape index (κ2) is 7.14. The summed E-state index contributed by atoms with van der Waals surface area (Å²) in [5, 5.41) is 10.6. The molecule has 26 heavy (non-hydrogen) atoms. The van der Waals surface area contributed by atoms with Crippen LogP contribution in [0.25, 0.3) is 0 Å². The molecule has 0 aromatic carbocycles. The maximum atomic E-state index is 13.1. The van der Waals surface area contributed by atoms with Gasteiger partial charge in [0.1, 0.15) is 17.0 Å². The number of allylic oxidation sites excluding steroid dienone is 1. The molecule has 1 N–H and O–H groups in total. The molecule has 2 heterocycles. The van der Waals surface area contributed by atoms with Crippen molar-refractivity contribution in [3.63, 3.8) is 0 Å². The van der Waals surface area contributed by atoms with Gasteiger partial charge in [0, 0.05) is 25.2 Å². The van der Waals surface area contributed by atoms with Gasteiger partial charge in [-0.2, -0.15) is 0 Å². The van der Waals surface area contributed by atoms with E-state index in [-0.39, 0.29) is 11.8 Å². The SMILES string of the molecule is C=C(C)N1C(=O)C2(CCN(C(=O)C3(O)CCCC3)CC2)N=C1CCCC. The standard InChI is InChI=1S/C20H31N3O3/c1-4-5-8-16-21-19(17(24)23(16)15(2)3)11-13-22(14-12-19)18(25)20(26)9-6-7-10-20/h26H,2,4-14H2,1,3H3. The monoisotopic (exact) mass is 361 g/mol. The molecule has 6 heteroatoms. The molecule has 6 nitrogen and oxygen atoms in total. The minimum absolute atomic E-state index is 0.00257. The summed E-state index contributed by atoms with van der Waals surface area (Å²) in [4.78, 5) is 34.1. The maximum Gasteiger partial charge on any atom is 0.260 e. The lowest BCUT2D eigenvalue weighted by Crippen LogP contribution is -2.55. The van der Waals surface area contributed by atoms with Gasteiger partial charge < -0.3 is 10.0 Å². The minimum atomic E-state index is -1.19. The Morgan fingerprint density at radius 3 is 2.38 bits per heavy atom. The van der Waals surface area contributed by atoms with Gasteiger partial charge in [0.2, 0.25) is 0 Å². The topological polar surface area (TPSA) is 73.2 Å². The summed E-state index contributed by atoms with van der Waals surface area (Å²) in [6.45, 7) is 8.86. The van der Waals surface area contributed by atoms with Gasteiger partial charge in [0.15, 0.2) is 0 Å². The summed E-state index contributed by atoms with van der Waals surface area (Å²) in [5.74, 6) is 0.656. The van der Waals surface area contributed by atoms with Crippen LogP contribution in [-0.2, 0) is 9.59 Å². The molecule has 2 amide bonds. The quantitative estimate of drug-likeness (QED) is 0.818. The van der Waals surface area contributed by atoms with Crippen molar-refractivity contribution in [3.05, 3.63) is 12.3 Å². The van der Waals surface area contributed by atoms with E-state index >= 15 is 0 Å². The molecule has 0 aromatic rings. The third-order valence-electron chi connectivity index (χ3n) is 6.04. The zero-order valence-corrected chi connectivity index (χ0v) is 16.1. The largest absolute Gasteiger partial charge is 0.380 e. The van der Waals surface area contributed by atoms with E-state index < -0.39 is 11.1 Å². The van der Waals surface area contributed by atoms with E-state index in [1.807, 2.05) is 6.92 Å². The van der Waals surface area contributed by atoms with Gasteiger partial charge in [-0.3, -0.25) is 19.5 Å². The van der Waals surface area contributed by atoms with Crippen LogP contribution >= 0.6 is 0 Å². The molecule has 0 radical (unpaired) electrons. The highest BCUT2D eigenvalue weighted by Crippen LogP contribution is 2.38. The third kappa shape index (κ3) is 3.20. The van der Waals surface area contributed by atoms with E-state index in [4.69, 9.17) is 4.99 Å². The fourth-order valence-corrected chi connectivity index (χ4v) is 4.44. The summed E-state index contributed by atoms with van der Waals surface area (Å²) < 4.78 is 0. The van der Waals surface area contributed by atoms with Gasteiger partial charge in [-0.1, -0.05) is 19.9 Å². The number of carbonyl (C=O) groups is 2. The molecule has 1 saturated carbocycles. The zero-order chi connectivity index (χ0) is 18.9. The summed E-state index contributed by atoms with van der Waals surface area (Å²) in [6, 6.07) is 0. The Morgan fingerprint density at radius 2 is 1.85 bits per heavy atom. The van der Waals surface area contributed by atoms with Gasteiger partial charge in [-0.15, -0.1) is 0 Å². The lowest BCUT2D eigenvalue weighted by Gasteiger charge is -2.39. The van der Waals surface area contributed by atoms with E-state index in [2.05, 4.69) is 13.5 Å². The first-order chi connectivity index (χ1) is 12.3. The normalized spacial score (nSPS) is 24.3. The number of amides is 2. The molecule has 0 unspecified atom stereocenters. The predicted octanol–water partition coefficient (Wildman–Crippen LogP) is 2.62. The molecule has 0 bridgehead atoms. The average Bonchev–Trinajstić information content (AvgIpc) is 3.17. The smallest absolute Gasteiger partial charge is 0.260 e. The van der Waals surface area contributed by atoms with Crippen molar-refractivity contribution in [2.45, 2.75) is 82.8 Å². The Hall–Kier alpha value is -1.69. The van der Waals surface area contributed by atoms with Crippen LogP contribution in [0.1, 0.15) is 71.6 Å². The fourth-order valence-electron chi connectivity index (χ4n) is 4.44. The molecule has 144 valence electrons. The second-order valence-electron chi connectivity index (χ2n) is 8.07. The zero-order valence-electron chi connectivity index (χ0n) is 16.1. The van der Waals surface area contributed by atoms with Crippen LogP contribution in [0.2, 0.25) is 0 Å². The minimum Gasteiger partial charge on any atom is -0.380 e. The molecule has 0 atom stereocenters. The second-order valence-corrected chi connectivity index (χ2v) is 8.07. The number of carbonyl (C=O) groups excluding carboxylic acids is 2. The molecule has 1 saturated heterocycles. The molecule has 2 aliphatic heterocycles. The average molecular weight is 361 g/mol. The van der Waals surface area contributed by atoms with E-state index in [1.165, 1.54) is 0 Å². The first-order valence-corrected chi connectivity index (χ1v) is 9.93. The number of aliphatic imine (C=N–C) groups is 1. The summed E-state index contributed by atoms with van der Waals surface area (Å²) in [7, 11) is 0. The number of rotatable bonds is 5. The van der Waals surface area contributed by atoms with Crippen molar-refractivity contribution >= 4 is 17.6 Å². The van der Waals surface area contributed by atoms with Crippen LogP contribution in [0.4, 0.5) is 0 Å². The summed E-state index contributed by atoms with van der Waals surface area (Å²) >= 11 is 0. The van der Waals surface area contributed by atoms with Crippen molar-refractivity contribution in [1.29, 1.82) is 0 Å². The first kappa shape index (κ1) is 19.1. The molecule has 1 spiro atoms. The number of hydrogen-bond acceptors (Lipinski definition) is 4. The summed E-state index contributed by atoms with van der Waals surface area (Å²) in [5.41, 5.74) is -1.24. The summed E-state index contributed by atoms with van der Waals surface area (Å²) in [6.07, 6.45) is 6.76. The number of likely N-dealkylation sites (tertiary alicyclic amines) is 1. The fraction of sp³-hybridized carbons (Fsp3) is 0.750. The lowest BCUT2D eigenvalue weighted by molar-refractivity contribution is -0.153. The number of piperidine rings is 1. The van der Waals surface area contributed by atoms with Crippen molar-refractivity contribution in [2.24, 2.45) is 4.99 Å². The number of nitrogens with zero attached hydrogens (tertiary/aromatic N) is 3. The highest BCUT2D eigenvalue weighted by atomic mass is 16.3. The van der Waals surface area contributed by atoms with Crippen LogP contribution in [0.3, 0.4) is 0 Å². The lowest BCUT2D eigenvalue weighted by atomic mass is 9.86. The van der Waals surface area contributed by atoms with Gasteiger partial charge in [-0.25, -0.2) is 0 Å². The molecule has 2 fully saturated rings. The van der Waals surface area contributed by atoms with Crippen molar-refractivity contribution in [3.8, 4) is 0 Å². The molecular formula is C20H31N3O3. The van der Waals surface area contributed by atoms with E-state index in [0.717, 1.165) is 37.9 Å². The third-order valence-corrected chi connectivity index (χ3v) is 6.04. The number of aliphatic hydroxyl groups is 1.